The maximum absolute atomic E-state index is 5.04. The van der Waals surface area contributed by atoms with Gasteiger partial charge in [0.15, 0.2) is 0 Å². The fourth-order valence-corrected chi connectivity index (χ4v) is 3.92. The Bertz CT molecular complexity index is 704. The predicted octanol–water partition coefficient (Wildman–Crippen LogP) is 3.17. The maximum Gasteiger partial charge on any atom is 0.136 e. The molecule has 2 aliphatic heterocycles. The highest BCUT2D eigenvalue weighted by molar-refractivity contribution is 5.85. The zero-order valence-corrected chi connectivity index (χ0v) is 15.7. The summed E-state index contributed by atoms with van der Waals surface area (Å²) in [6.45, 7) is 5.50. The van der Waals surface area contributed by atoms with E-state index in [1.54, 1.807) is 0 Å². The van der Waals surface area contributed by atoms with Crippen LogP contribution in [0.4, 0.5) is 5.82 Å². The first-order chi connectivity index (χ1) is 11.8. The standard InChI is InChI=1S/C20H26N4.ClH/c1-15-6-5-13-24(15)20-17-9-11-21-12-10-18(17)22-19(23-20)14-16-7-3-2-4-8-16;/h2-4,7-8,15,21H,5-6,9-14H2,1H3;1H. The molecule has 1 atom stereocenters. The largest absolute Gasteiger partial charge is 0.354 e. The van der Waals surface area contributed by atoms with Crippen molar-refractivity contribution in [1.29, 1.82) is 0 Å². The van der Waals surface area contributed by atoms with E-state index in [4.69, 9.17) is 9.97 Å². The van der Waals surface area contributed by atoms with Gasteiger partial charge in [0.2, 0.25) is 0 Å². The van der Waals surface area contributed by atoms with Crippen LogP contribution in [0.5, 0.6) is 0 Å². The average Bonchev–Trinajstić information content (AvgIpc) is 2.88. The van der Waals surface area contributed by atoms with E-state index in [0.717, 1.165) is 44.7 Å². The number of rotatable bonds is 3. The van der Waals surface area contributed by atoms with Crippen molar-refractivity contribution in [2.75, 3.05) is 24.5 Å². The second kappa shape index (κ2) is 8.15. The third kappa shape index (κ3) is 3.96. The number of hydrogen-bond acceptors (Lipinski definition) is 4. The monoisotopic (exact) mass is 358 g/mol. The Balaban J connectivity index is 0.00000182. The highest BCUT2D eigenvalue weighted by atomic mass is 35.5. The molecule has 134 valence electrons. The summed E-state index contributed by atoms with van der Waals surface area (Å²) in [5.41, 5.74) is 3.92. The highest BCUT2D eigenvalue weighted by Gasteiger charge is 2.27. The molecular weight excluding hydrogens is 332 g/mol. The van der Waals surface area contributed by atoms with Crippen molar-refractivity contribution in [2.24, 2.45) is 0 Å². The lowest BCUT2D eigenvalue weighted by atomic mass is 10.1. The molecule has 2 aromatic rings. The molecule has 0 amide bonds. The van der Waals surface area contributed by atoms with Gasteiger partial charge in [-0.1, -0.05) is 30.3 Å². The first-order valence-electron chi connectivity index (χ1n) is 9.21. The van der Waals surface area contributed by atoms with Crippen molar-refractivity contribution >= 4 is 18.2 Å². The van der Waals surface area contributed by atoms with Crippen molar-refractivity contribution < 1.29 is 0 Å². The fourth-order valence-electron chi connectivity index (χ4n) is 3.92. The van der Waals surface area contributed by atoms with Crippen molar-refractivity contribution in [3.8, 4) is 0 Å². The Morgan fingerprint density at radius 2 is 1.92 bits per heavy atom. The number of nitrogens with one attached hydrogen (secondary N) is 1. The predicted molar refractivity (Wildman–Crippen MR) is 105 cm³/mol. The molecule has 0 radical (unpaired) electrons. The zero-order chi connectivity index (χ0) is 16.4. The van der Waals surface area contributed by atoms with Gasteiger partial charge in [0.05, 0.1) is 5.69 Å². The van der Waals surface area contributed by atoms with Crippen LogP contribution in [0.1, 0.15) is 42.4 Å². The van der Waals surface area contributed by atoms with Crippen LogP contribution < -0.4 is 10.2 Å². The molecular formula is C20H27ClN4. The van der Waals surface area contributed by atoms with Gasteiger partial charge in [0.1, 0.15) is 11.6 Å². The van der Waals surface area contributed by atoms with Crippen LogP contribution in [-0.4, -0.2) is 35.6 Å². The molecule has 4 nitrogen and oxygen atoms in total. The normalized spacial score (nSPS) is 19.9. The van der Waals surface area contributed by atoms with Gasteiger partial charge in [-0.15, -0.1) is 12.4 Å². The van der Waals surface area contributed by atoms with Gasteiger partial charge in [0, 0.05) is 37.5 Å². The molecule has 4 rings (SSSR count). The van der Waals surface area contributed by atoms with Crippen LogP contribution in [0.25, 0.3) is 0 Å². The van der Waals surface area contributed by atoms with Gasteiger partial charge in [-0.3, -0.25) is 0 Å². The smallest absolute Gasteiger partial charge is 0.136 e. The highest BCUT2D eigenvalue weighted by Crippen LogP contribution is 2.30. The summed E-state index contributed by atoms with van der Waals surface area (Å²) in [4.78, 5) is 12.5. The minimum Gasteiger partial charge on any atom is -0.354 e. The molecule has 0 aliphatic carbocycles. The van der Waals surface area contributed by atoms with Crippen LogP contribution in [-0.2, 0) is 19.3 Å². The minimum absolute atomic E-state index is 0. The van der Waals surface area contributed by atoms with E-state index in [2.05, 4.69) is 47.5 Å². The summed E-state index contributed by atoms with van der Waals surface area (Å²) >= 11 is 0. The van der Waals surface area contributed by atoms with Crippen molar-refractivity contribution in [2.45, 2.75) is 45.1 Å². The first kappa shape index (κ1) is 18.2. The topological polar surface area (TPSA) is 41.1 Å². The number of nitrogens with zero attached hydrogens (tertiary/aromatic N) is 3. The van der Waals surface area contributed by atoms with Gasteiger partial charge in [-0.25, -0.2) is 9.97 Å². The van der Waals surface area contributed by atoms with Crippen LogP contribution in [0, 0.1) is 0 Å². The summed E-state index contributed by atoms with van der Waals surface area (Å²) in [5, 5.41) is 3.51. The van der Waals surface area contributed by atoms with Crippen LogP contribution in [0.3, 0.4) is 0 Å². The SMILES string of the molecule is CC1CCCN1c1nc(Cc2ccccc2)nc2c1CCNCC2.Cl. The minimum atomic E-state index is 0. The fraction of sp³-hybridized carbons (Fsp3) is 0.500. The average molecular weight is 359 g/mol. The molecule has 1 unspecified atom stereocenters. The summed E-state index contributed by atoms with van der Waals surface area (Å²) in [7, 11) is 0. The van der Waals surface area contributed by atoms with Crippen LogP contribution in [0.15, 0.2) is 30.3 Å². The van der Waals surface area contributed by atoms with Crippen molar-refractivity contribution in [3.63, 3.8) is 0 Å². The molecule has 1 N–H and O–H groups in total. The Kier molecular flexibility index (Phi) is 5.92. The van der Waals surface area contributed by atoms with Gasteiger partial charge in [0.25, 0.3) is 0 Å². The van der Waals surface area contributed by atoms with E-state index in [1.165, 1.54) is 35.5 Å². The van der Waals surface area contributed by atoms with E-state index in [0.29, 0.717) is 6.04 Å². The van der Waals surface area contributed by atoms with Gasteiger partial charge >= 0.3 is 0 Å². The number of anilines is 1. The molecule has 5 heteroatoms. The number of hydrogen-bond donors (Lipinski definition) is 1. The molecule has 0 bridgehead atoms. The summed E-state index contributed by atoms with van der Waals surface area (Å²) in [6, 6.07) is 11.1. The van der Waals surface area contributed by atoms with Gasteiger partial charge in [-0.05, 0) is 38.3 Å². The quantitative estimate of drug-likeness (QED) is 0.915. The lowest BCUT2D eigenvalue weighted by Crippen LogP contribution is -2.29. The molecule has 3 heterocycles. The van der Waals surface area contributed by atoms with E-state index >= 15 is 0 Å². The van der Waals surface area contributed by atoms with E-state index in [1.807, 2.05) is 0 Å². The molecule has 1 fully saturated rings. The summed E-state index contributed by atoms with van der Waals surface area (Å²) in [6.07, 6.45) is 5.41. The molecule has 25 heavy (non-hydrogen) atoms. The Labute approximate surface area is 156 Å². The van der Waals surface area contributed by atoms with Gasteiger partial charge < -0.3 is 10.2 Å². The molecule has 1 saturated heterocycles. The molecule has 2 aliphatic rings. The lowest BCUT2D eigenvalue weighted by Gasteiger charge is -2.26. The molecule has 1 aromatic carbocycles. The zero-order valence-electron chi connectivity index (χ0n) is 14.9. The van der Waals surface area contributed by atoms with Crippen molar-refractivity contribution in [1.82, 2.24) is 15.3 Å². The third-order valence-electron chi connectivity index (χ3n) is 5.24. The molecule has 1 aromatic heterocycles. The number of halogens is 1. The first-order valence-corrected chi connectivity index (χ1v) is 9.21. The summed E-state index contributed by atoms with van der Waals surface area (Å²) < 4.78 is 0. The second-order valence-corrected chi connectivity index (χ2v) is 6.99. The van der Waals surface area contributed by atoms with Gasteiger partial charge in [-0.2, -0.15) is 0 Å². The Hall–Kier alpha value is -1.65. The van der Waals surface area contributed by atoms with E-state index in [-0.39, 0.29) is 12.4 Å². The number of benzene rings is 1. The number of aromatic nitrogens is 2. The molecule has 0 spiro atoms. The molecule has 0 saturated carbocycles. The van der Waals surface area contributed by atoms with Crippen LogP contribution in [0.2, 0.25) is 0 Å². The number of fused-ring (bicyclic) bond motifs is 1. The van der Waals surface area contributed by atoms with E-state index in [9.17, 15) is 0 Å². The van der Waals surface area contributed by atoms with Crippen LogP contribution >= 0.6 is 12.4 Å². The third-order valence-corrected chi connectivity index (χ3v) is 5.24. The Morgan fingerprint density at radius 1 is 1.12 bits per heavy atom. The summed E-state index contributed by atoms with van der Waals surface area (Å²) in [5.74, 6) is 2.18. The lowest BCUT2D eigenvalue weighted by molar-refractivity contribution is 0.704. The Morgan fingerprint density at radius 3 is 2.68 bits per heavy atom. The second-order valence-electron chi connectivity index (χ2n) is 6.99. The van der Waals surface area contributed by atoms with E-state index < -0.39 is 0 Å². The van der Waals surface area contributed by atoms with Crippen molar-refractivity contribution in [3.05, 3.63) is 53.0 Å². The maximum atomic E-state index is 5.04.